The Hall–Kier alpha value is -3.40. The van der Waals surface area contributed by atoms with Crippen molar-refractivity contribution in [1.82, 2.24) is 10.2 Å². The van der Waals surface area contributed by atoms with E-state index in [0.717, 1.165) is 47.9 Å². The highest BCUT2D eigenvalue weighted by atomic mass is 16.2. The van der Waals surface area contributed by atoms with E-state index >= 15 is 0 Å². The first kappa shape index (κ1) is 25.7. The zero-order chi connectivity index (χ0) is 25.3. The van der Waals surface area contributed by atoms with E-state index in [-0.39, 0.29) is 17.9 Å². The number of hydrogen-bond donors (Lipinski definition) is 1. The van der Waals surface area contributed by atoms with Crippen LogP contribution in [0.4, 0.5) is 0 Å². The summed E-state index contributed by atoms with van der Waals surface area (Å²) in [6, 6.07) is 26.2. The fraction of sp³-hybridized carbons (Fsp3) is 0.375. The number of nitrogens with zero attached hydrogens (tertiary/aromatic N) is 1. The maximum absolute atomic E-state index is 13.8. The maximum Gasteiger partial charge on any atom is 0.243 e. The summed E-state index contributed by atoms with van der Waals surface area (Å²) in [6.45, 7) is 4.56. The molecular weight excluding hydrogens is 444 g/mol. The van der Waals surface area contributed by atoms with Crippen LogP contribution in [0.2, 0.25) is 0 Å². The van der Waals surface area contributed by atoms with Crippen LogP contribution in [0.15, 0.2) is 78.9 Å². The van der Waals surface area contributed by atoms with Gasteiger partial charge in [0.05, 0.1) is 0 Å². The smallest absolute Gasteiger partial charge is 0.243 e. The summed E-state index contributed by atoms with van der Waals surface area (Å²) >= 11 is 0. The lowest BCUT2D eigenvalue weighted by atomic mass is 10.00. The van der Waals surface area contributed by atoms with Crippen molar-refractivity contribution in [3.63, 3.8) is 0 Å². The van der Waals surface area contributed by atoms with Crippen LogP contribution in [0, 0.1) is 13.8 Å². The highest BCUT2D eigenvalue weighted by Gasteiger charge is 2.32. The minimum atomic E-state index is -0.557. The van der Waals surface area contributed by atoms with E-state index in [1.807, 2.05) is 47.4 Å². The lowest BCUT2D eigenvalue weighted by molar-refractivity contribution is -0.141. The van der Waals surface area contributed by atoms with Crippen molar-refractivity contribution < 1.29 is 9.59 Å². The molecule has 0 bridgehead atoms. The number of benzene rings is 3. The van der Waals surface area contributed by atoms with Gasteiger partial charge in [-0.3, -0.25) is 9.59 Å². The first-order valence-corrected chi connectivity index (χ1v) is 13.2. The Kier molecular flexibility index (Phi) is 8.94. The quantitative estimate of drug-likeness (QED) is 0.389. The highest BCUT2D eigenvalue weighted by molar-refractivity contribution is 5.88. The third kappa shape index (κ3) is 7.07. The second-order valence-electron chi connectivity index (χ2n) is 10.1. The van der Waals surface area contributed by atoms with Crippen LogP contribution in [0.1, 0.15) is 59.9 Å². The summed E-state index contributed by atoms with van der Waals surface area (Å²) in [5.74, 6) is -0.0237. The Bertz CT molecular complexity index is 1130. The van der Waals surface area contributed by atoms with Crippen molar-refractivity contribution in [3.05, 3.63) is 107 Å². The molecule has 4 heteroatoms. The van der Waals surface area contributed by atoms with Crippen LogP contribution in [0.3, 0.4) is 0 Å². The standard InChI is InChI=1S/C32H38N2O2/c1-24-16-18-26(19-17-24)20-21-31(35)34(23-28-13-7-6-10-25(28)2)30(22-27-11-4-3-5-12-27)32(36)33-29-14-8-9-15-29/h3-7,10-13,16-19,29-30H,8-9,14-15,20-23H2,1-2H3,(H,33,36)/t30-/m0/s1. The Morgan fingerprint density at radius 2 is 1.53 bits per heavy atom. The largest absolute Gasteiger partial charge is 0.352 e. The van der Waals surface area contributed by atoms with Gasteiger partial charge in [0.2, 0.25) is 11.8 Å². The molecule has 0 heterocycles. The molecule has 36 heavy (non-hydrogen) atoms. The highest BCUT2D eigenvalue weighted by Crippen LogP contribution is 2.21. The molecule has 1 fully saturated rings. The second-order valence-corrected chi connectivity index (χ2v) is 10.1. The molecular formula is C32H38N2O2. The molecule has 1 atom stereocenters. The molecule has 0 aliphatic heterocycles. The summed E-state index contributed by atoms with van der Waals surface area (Å²) in [5.41, 5.74) is 5.61. The SMILES string of the molecule is Cc1ccc(CCC(=O)N(Cc2ccccc2C)[C@@H](Cc2ccccc2)C(=O)NC2CCCC2)cc1. The molecule has 0 spiro atoms. The van der Waals surface area contributed by atoms with Gasteiger partial charge in [-0.25, -0.2) is 0 Å². The molecule has 3 aromatic rings. The van der Waals surface area contributed by atoms with Crippen LogP contribution in [0.25, 0.3) is 0 Å². The third-order valence-electron chi connectivity index (χ3n) is 7.32. The van der Waals surface area contributed by atoms with Gasteiger partial charge in [-0.15, -0.1) is 0 Å². The van der Waals surface area contributed by atoms with E-state index in [9.17, 15) is 9.59 Å². The van der Waals surface area contributed by atoms with E-state index in [0.29, 0.717) is 25.8 Å². The lowest BCUT2D eigenvalue weighted by Gasteiger charge is -2.33. The fourth-order valence-corrected chi connectivity index (χ4v) is 5.04. The maximum atomic E-state index is 13.8. The van der Waals surface area contributed by atoms with E-state index in [4.69, 9.17) is 0 Å². The average Bonchev–Trinajstić information content (AvgIpc) is 3.40. The third-order valence-corrected chi connectivity index (χ3v) is 7.32. The summed E-state index contributed by atoms with van der Waals surface area (Å²) in [4.78, 5) is 29.4. The van der Waals surface area contributed by atoms with Gasteiger partial charge in [-0.2, -0.15) is 0 Å². The van der Waals surface area contributed by atoms with Crippen LogP contribution >= 0.6 is 0 Å². The number of nitrogens with one attached hydrogen (secondary N) is 1. The van der Waals surface area contributed by atoms with Gasteiger partial charge in [-0.05, 0) is 55.4 Å². The first-order chi connectivity index (χ1) is 17.5. The monoisotopic (exact) mass is 482 g/mol. The number of rotatable bonds is 10. The molecule has 1 aliphatic rings. The van der Waals surface area contributed by atoms with Crippen LogP contribution < -0.4 is 5.32 Å². The van der Waals surface area contributed by atoms with E-state index < -0.39 is 6.04 Å². The molecule has 0 saturated heterocycles. The van der Waals surface area contributed by atoms with Gasteiger partial charge in [0.1, 0.15) is 6.04 Å². The van der Waals surface area contributed by atoms with Crippen LogP contribution in [-0.4, -0.2) is 28.8 Å². The molecule has 188 valence electrons. The average molecular weight is 483 g/mol. The Balaban J connectivity index is 1.61. The van der Waals surface area contributed by atoms with Crippen molar-refractivity contribution in [2.45, 2.75) is 77.4 Å². The number of amides is 2. The topological polar surface area (TPSA) is 49.4 Å². The summed E-state index contributed by atoms with van der Waals surface area (Å²) in [7, 11) is 0. The zero-order valence-electron chi connectivity index (χ0n) is 21.6. The van der Waals surface area contributed by atoms with Gasteiger partial charge >= 0.3 is 0 Å². The van der Waals surface area contributed by atoms with Gasteiger partial charge in [-0.1, -0.05) is 97.3 Å². The van der Waals surface area contributed by atoms with Crippen molar-refractivity contribution >= 4 is 11.8 Å². The van der Waals surface area contributed by atoms with Crippen molar-refractivity contribution in [2.24, 2.45) is 0 Å². The molecule has 2 amide bonds. The van der Waals surface area contributed by atoms with E-state index in [1.54, 1.807) is 0 Å². The summed E-state index contributed by atoms with van der Waals surface area (Å²) in [6.07, 6.45) is 5.86. The van der Waals surface area contributed by atoms with Gasteiger partial charge in [0.25, 0.3) is 0 Å². The Morgan fingerprint density at radius 1 is 0.861 bits per heavy atom. The lowest BCUT2D eigenvalue weighted by Crippen LogP contribution is -2.52. The van der Waals surface area contributed by atoms with Crippen LogP contribution in [0.5, 0.6) is 0 Å². The van der Waals surface area contributed by atoms with Crippen molar-refractivity contribution in [1.29, 1.82) is 0 Å². The molecule has 4 rings (SSSR count). The van der Waals surface area contributed by atoms with Crippen molar-refractivity contribution in [2.75, 3.05) is 0 Å². The molecule has 1 saturated carbocycles. The molecule has 1 aliphatic carbocycles. The normalized spacial score (nSPS) is 14.4. The Labute approximate surface area is 215 Å². The van der Waals surface area contributed by atoms with Crippen molar-refractivity contribution in [3.8, 4) is 0 Å². The predicted molar refractivity (Wildman–Crippen MR) is 146 cm³/mol. The predicted octanol–water partition coefficient (Wildman–Crippen LogP) is 5.93. The number of carbonyl (C=O) groups excluding carboxylic acids is 2. The number of hydrogen-bond acceptors (Lipinski definition) is 2. The summed E-state index contributed by atoms with van der Waals surface area (Å²) < 4.78 is 0. The van der Waals surface area contributed by atoms with E-state index in [1.165, 1.54) is 5.56 Å². The molecule has 0 unspecified atom stereocenters. The molecule has 3 aromatic carbocycles. The van der Waals surface area contributed by atoms with Gasteiger partial charge < -0.3 is 10.2 Å². The second kappa shape index (κ2) is 12.5. The molecule has 1 N–H and O–H groups in total. The van der Waals surface area contributed by atoms with Gasteiger partial charge in [0, 0.05) is 25.4 Å². The molecule has 0 radical (unpaired) electrons. The van der Waals surface area contributed by atoms with Crippen LogP contribution in [-0.2, 0) is 29.0 Å². The van der Waals surface area contributed by atoms with Gasteiger partial charge in [0.15, 0.2) is 0 Å². The minimum Gasteiger partial charge on any atom is -0.352 e. The molecule has 4 nitrogen and oxygen atoms in total. The number of carbonyl (C=O) groups is 2. The molecule has 0 aromatic heterocycles. The number of aryl methyl sites for hydroxylation is 3. The minimum absolute atomic E-state index is 0.0151. The first-order valence-electron chi connectivity index (χ1n) is 13.2. The van der Waals surface area contributed by atoms with E-state index in [2.05, 4.69) is 55.6 Å². The fourth-order valence-electron chi connectivity index (χ4n) is 5.04. The Morgan fingerprint density at radius 3 is 2.22 bits per heavy atom. The summed E-state index contributed by atoms with van der Waals surface area (Å²) in [5, 5.41) is 3.28. The zero-order valence-corrected chi connectivity index (χ0v) is 21.6.